The Hall–Kier alpha value is -0.600. The summed E-state index contributed by atoms with van der Waals surface area (Å²) in [6, 6.07) is 5.56. The van der Waals surface area contributed by atoms with Crippen LogP contribution in [0.3, 0.4) is 0 Å². The van der Waals surface area contributed by atoms with Crippen LogP contribution in [0.2, 0.25) is 5.02 Å². The van der Waals surface area contributed by atoms with Crippen molar-refractivity contribution in [2.24, 2.45) is 11.8 Å². The van der Waals surface area contributed by atoms with Gasteiger partial charge in [0.2, 0.25) is 0 Å². The van der Waals surface area contributed by atoms with Crippen LogP contribution in [0.15, 0.2) is 18.2 Å². The monoisotopic (exact) mass is 311 g/mol. The highest BCUT2D eigenvalue weighted by atomic mass is 35.5. The molecule has 1 nitrogen and oxygen atoms in total. The summed E-state index contributed by atoms with van der Waals surface area (Å²) < 4.78 is 13.6. The van der Waals surface area contributed by atoms with E-state index in [0.717, 1.165) is 30.9 Å². The van der Waals surface area contributed by atoms with Crippen LogP contribution >= 0.6 is 11.6 Å². The van der Waals surface area contributed by atoms with Crippen LogP contribution in [-0.2, 0) is 6.42 Å². The van der Waals surface area contributed by atoms with E-state index in [1.807, 2.05) is 6.07 Å². The summed E-state index contributed by atoms with van der Waals surface area (Å²) >= 11 is 6.14. The second kappa shape index (κ2) is 8.14. The van der Waals surface area contributed by atoms with Crippen LogP contribution < -0.4 is 5.32 Å². The predicted octanol–water partition coefficient (Wildman–Crippen LogP) is 5.22. The van der Waals surface area contributed by atoms with E-state index in [9.17, 15) is 4.39 Å². The minimum Gasteiger partial charge on any atom is -0.313 e. The van der Waals surface area contributed by atoms with E-state index in [-0.39, 0.29) is 5.82 Å². The molecule has 3 heteroatoms. The summed E-state index contributed by atoms with van der Waals surface area (Å²) in [5, 5.41) is 3.97. The third kappa shape index (κ3) is 4.69. The van der Waals surface area contributed by atoms with Gasteiger partial charge in [0.25, 0.3) is 0 Å². The highest BCUT2D eigenvalue weighted by Crippen LogP contribution is 2.33. The Morgan fingerprint density at radius 3 is 2.90 bits per heavy atom. The molecule has 118 valence electrons. The quantitative estimate of drug-likeness (QED) is 0.760. The van der Waals surface area contributed by atoms with Gasteiger partial charge in [-0.25, -0.2) is 4.39 Å². The lowest BCUT2D eigenvalue weighted by molar-refractivity contribution is 0.221. The summed E-state index contributed by atoms with van der Waals surface area (Å²) in [5.41, 5.74) is 0.934. The van der Waals surface area contributed by atoms with Gasteiger partial charge in [0.05, 0.1) is 5.02 Å². The third-order valence-corrected chi connectivity index (χ3v) is 5.10. The Morgan fingerprint density at radius 2 is 2.19 bits per heavy atom. The Balaban J connectivity index is 2.10. The Labute approximate surface area is 133 Å². The normalized spacial score (nSPS) is 24.0. The Bertz CT molecular complexity index is 449. The minimum atomic E-state index is -0.305. The van der Waals surface area contributed by atoms with Crippen LogP contribution in [0.4, 0.5) is 4.39 Å². The first-order valence-electron chi connectivity index (χ1n) is 8.28. The smallest absolute Gasteiger partial charge is 0.142 e. The number of nitrogens with one attached hydrogen (secondary N) is 1. The van der Waals surface area contributed by atoms with Crippen molar-refractivity contribution in [3.63, 3.8) is 0 Å². The SMILES string of the molecule is CCCNC(Cc1cccc(F)c1Cl)C1CCCC(C)C1. The second-order valence-corrected chi connectivity index (χ2v) is 6.89. The van der Waals surface area contributed by atoms with Crippen LogP contribution in [0.1, 0.15) is 51.5 Å². The number of hydrogen-bond acceptors (Lipinski definition) is 1. The molecule has 0 saturated heterocycles. The first-order chi connectivity index (χ1) is 10.1. The van der Waals surface area contributed by atoms with Gasteiger partial charge in [-0.2, -0.15) is 0 Å². The minimum absolute atomic E-state index is 0.296. The average Bonchev–Trinajstić information content (AvgIpc) is 2.47. The third-order valence-electron chi connectivity index (χ3n) is 4.67. The fourth-order valence-corrected chi connectivity index (χ4v) is 3.73. The highest BCUT2D eigenvalue weighted by Gasteiger charge is 2.27. The molecule has 21 heavy (non-hydrogen) atoms. The van der Waals surface area contributed by atoms with Gasteiger partial charge >= 0.3 is 0 Å². The molecule has 0 aliphatic heterocycles. The number of halogens is 2. The maximum Gasteiger partial charge on any atom is 0.142 e. The molecule has 2 rings (SSSR count). The van der Waals surface area contributed by atoms with E-state index in [4.69, 9.17) is 11.6 Å². The first kappa shape index (κ1) is 16.8. The summed E-state index contributed by atoms with van der Waals surface area (Å²) in [6.07, 6.45) is 7.15. The second-order valence-electron chi connectivity index (χ2n) is 6.51. The van der Waals surface area contributed by atoms with Crippen molar-refractivity contribution in [3.8, 4) is 0 Å². The van der Waals surface area contributed by atoms with E-state index >= 15 is 0 Å². The fraction of sp³-hybridized carbons (Fsp3) is 0.667. The lowest BCUT2D eigenvalue weighted by Gasteiger charge is -2.34. The number of benzene rings is 1. The summed E-state index contributed by atoms with van der Waals surface area (Å²) in [5.74, 6) is 1.18. The van der Waals surface area contributed by atoms with E-state index in [1.165, 1.54) is 31.7 Å². The predicted molar refractivity (Wildman–Crippen MR) is 88.3 cm³/mol. The molecule has 0 heterocycles. The summed E-state index contributed by atoms with van der Waals surface area (Å²) in [7, 11) is 0. The highest BCUT2D eigenvalue weighted by molar-refractivity contribution is 6.31. The van der Waals surface area contributed by atoms with E-state index in [2.05, 4.69) is 19.2 Å². The lowest BCUT2D eigenvalue weighted by Crippen LogP contribution is -2.40. The molecule has 1 N–H and O–H groups in total. The lowest BCUT2D eigenvalue weighted by atomic mass is 9.77. The topological polar surface area (TPSA) is 12.0 Å². The molecule has 1 aromatic carbocycles. The molecule has 3 atom stereocenters. The van der Waals surface area contributed by atoms with Gasteiger partial charge < -0.3 is 5.32 Å². The molecule has 3 unspecified atom stereocenters. The van der Waals surface area contributed by atoms with Gasteiger partial charge in [-0.3, -0.25) is 0 Å². The van der Waals surface area contributed by atoms with Gasteiger partial charge in [0, 0.05) is 6.04 Å². The molecule has 0 aromatic heterocycles. The van der Waals surface area contributed by atoms with Crippen LogP contribution in [-0.4, -0.2) is 12.6 Å². The molecule has 0 amide bonds. The molecule has 1 fully saturated rings. The number of rotatable bonds is 6. The summed E-state index contributed by atoms with van der Waals surface area (Å²) in [6.45, 7) is 5.55. The zero-order valence-electron chi connectivity index (χ0n) is 13.2. The van der Waals surface area contributed by atoms with Crippen molar-refractivity contribution in [2.45, 2.75) is 58.4 Å². The van der Waals surface area contributed by atoms with Gasteiger partial charge in [0.15, 0.2) is 0 Å². The molecule has 1 aliphatic carbocycles. The molecule has 0 radical (unpaired) electrons. The number of hydrogen-bond donors (Lipinski definition) is 1. The summed E-state index contributed by atoms with van der Waals surface area (Å²) in [4.78, 5) is 0. The molecule has 1 aromatic rings. The zero-order valence-corrected chi connectivity index (χ0v) is 13.9. The standard InChI is InChI=1S/C18H27ClFN/c1-3-10-21-17(14-7-4-6-13(2)11-14)12-15-8-5-9-16(20)18(15)19/h5,8-9,13-14,17,21H,3-4,6-7,10-12H2,1-2H3. The fourth-order valence-electron chi connectivity index (χ4n) is 3.52. The van der Waals surface area contributed by atoms with Gasteiger partial charge in [-0.15, -0.1) is 0 Å². The van der Waals surface area contributed by atoms with E-state index in [0.29, 0.717) is 17.0 Å². The molecule has 0 spiro atoms. The van der Waals surface area contributed by atoms with Crippen molar-refractivity contribution in [2.75, 3.05) is 6.54 Å². The Morgan fingerprint density at radius 1 is 1.38 bits per heavy atom. The van der Waals surface area contributed by atoms with Gasteiger partial charge in [0.1, 0.15) is 5.82 Å². The Kier molecular flexibility index (Phi) is 6.50. The first-order valence-corrected chi connectivity index (χ1v) is 8.65. The average molecular weight is 312 g/mol. The van der Waals surface area contributed by atoms with Crippen molar-refractivity contribution in [1.29, 1.82) is 0 Å². The van der Waals surface area contributed by atoms with E-state index < -0.39 is 0 Å². The maximum absolute atomic E-state index is 13.6. The van der Waals surface area contributed by atoms with Crippen molar-refractivity contribution in [3.05, 3.63) is 34.6 Å². The van der Waals surface area contributed by atoms with E-state index in [1.54, 1.807) is 6.07 Å². The zero-order chi connectivity index (χ0) is 15.2. The van der Waals surface area contributed by atoms with Crippen LogP contribution in [0, 0.1) is 17.7 Å². The molecule has 0 bridgehead atoms. The van der Waals surface area contributed by atoms with Crippen LogP contribution in [0.5, 0.6) is 0 Å². The van der Waals surface area contributed by atoms with Crippen molar-refractivity contribution >= 4 is 11.6 Å². The van der Waals surface area contributed by atoms with Gasteiger partial charge in [-0.1, -0.05) is 50.4 Å². The van der Waals surface area contributed by atoms with Crippen LogP contribution in [0.25, 0.3) is 0 Å². The van der Waals surface area contributed by atoms with Crippen molar-refractivity contribution in [1.82, 2.24) is 5.32 Å². The molecule has 1 saturated carbocycles. The van der Waals surface area contributed by atoms with Gasteiger partial charge in [-0.05, 0) is 55.7 Å². The molecular weight excluding hydrogens is 285 g/mol. The molecular formula is C18H27ClFN. The molecule has 1 aliphatic rings. The largest absolute Gasteiger partial charge is 0.313 e. The van der Waals surface area contributed by atoms with Crippen molar-refractivity contribution < 1.29 is 4.39 Å². The maximum atomic E-state index is 13.6.